The van der Waals surface area contributed by atoms with Gasteiger partial charge in [0, 0.05) is 11.1 Å². The van der Waals surface area contributed by atoms with Crippen LogP contribution in [0.4, 0.5) is 5.82 Å². The number of nitrogen functional groups attached to an aromatic ring is 1. The predicted octanol–water partition coefficient (Wildman–Crippen LogP) is 2.83. The molecule has 0 radical (unpaired) electrons. The minimum Gasteiger partial charge on any atom is -0.490 e. The molecule has 1 aromatic heterocycles. The van der Waals surface area contributed by atoms with Crippen LogP contribution in [0.1, 0.15) is 25.3 Å². The summed E-state index contributed by atoms with van der Waals surface area (Å²) in [5.74, 6) is 1.48. The van der Waals surface area contributed by atoms with Gasteiger partial charge in [-0.2, -0.15) is 0 Å². The average Bonchev–Trinajstić information content (AvgIpc) is 3.23. The zero-order valence-electron chi connectivity index (χ0n) is 11.0. The maximum absolute atomic E-state index is 5.90. The highest BCUT2D eigenvalue weighted by molar-refractivity contribution is 5.67. The number of benzene rings is 1. The summed E-state index contributed by atoms with van der Waals surface area (Å²) in [6.45, 7) is 2.06. The Kier molecular flexibility index (Phi) is 3.07. The van der Waals surface area contributed by atoms with Gasteiger partial charge in [0.1, 0.15) is 17.9 Å². The molecule has 0 amide bonds. The molecule has 98 valence electrons. The lowest BCUT2D eigenvalue weighted by molar-refractivity contribution is 0.303. The molecule has 4 nitrogen and oxygen atoms in total. The summed E-state index contributed by atoms with van der Waals surface area (Å²) >= 11 is 0. The lowest BCUT2D eigenvalue weighted by atomic mass is 10.0. The Hall–Kier alpha value is -2.10. The van der Waals surface area contributed by atoms with Crippen molar-refractivity contribution in [2.75, 3.05) is 5.73 Å². The van der Waals surface area contributed by atoms with Crippen molar-refractivity contribution >= 4 is 5.82 Å². The second-order valence-corrected chi connectivity index (χ2v) is 4.78. The summed E-state index contributed by atoms with van der Waals surface area (Å²) in [6.07, 6.45) is 5.10. The number of anilines is 1. The summed E-state index contributed by atoms with van der Waals surface area (Å²) in [4.78, 5) is 8.39. The molecular weight excluding hydrogens is 238 g/mol. The first-order valence-electron chi connectivity index (χ1n) is 6.64. The molecule has 1 fully saturated rings. The van der Waals surface area contributed by atoms with Crippen LogP contribution in [0, 0.1) is 0 Å². The number of hydrogen-bond donors (Lipinski definition) is 1. The number of nitrogens with two attached hydrogens (primary N) is 1. The summed E-state index contributed by atoms with van der Waals surface area (Å²) in [6, 6.07) is 8.04. The first-order valence-corrected chi connectivity index (χ1v) is 6.64. The van der Waals surface area contributed by atoms with Crippen molar-refractivity contribution in [1.29, 1.82) is 0 Å². The largest absolute Gasteiger partial charge is 0.490 e. The van der Waals surface area contributed by atoms with E-state index in [1.165, 1.54) is 19.2 Å². The van der Waals surface area contributed by atoms with Crippen LogP contribution in [0.2, 0.25) is 0 Å². The van der Waals surface area contributed by atoms with E-state index in [0.29, 0.717) is 11.9 Å². The predicted molar refractivity (Wildman–Crippen MR) is 74.9 cm³/mol. The van der Waals surface area contributed by atoms with Gasteiger partial charge >= 0.3 is 0 Å². The lowest BCUT2D eigenvalue weighted by Crippen LogP contribution is -2.01. The first-order chi connectivity index (χ1) is 9.28. The molecule has 0 spiro atoms. The SMILES string of the molecule is CCc1c(N)ncnc1-c1ccc(OC2CC2)cc1. The Bertz CT molecular complexity index is 576. The van der Waals surface area contributed by atoms with Gasteiger partial charge in [-0.3, -0.25) is 0 Å². The van der Waals surface area contributed by atoms with Gasteiger partial charge in [0.2, 0.25) is 0 Å². The van der Waals surface area contributed by atoms with Crippen molar-refractivity contribution in [1.82, 2.24) is 9.97 Å². The number of nitrogens with zero attached hydrogens (tertiary/aromatic N) is 2. The maximum atomic E-state index is 5.90. The maximum Gasteiger partial charge on any atom is 0.130 e. The van der Waals surface area contributed by atoms with Crippen molar-refractivity contribution in [3.05, 3.63) is 36.2 Å². The van der Waals surface area contributed by atoms with E-state index < -0.39 is 0 Å². The lowest BCUT2D eigenvalue weighted by Gasteiger charge is -2.10. The Labute approximate surface area is 112 Å². The molecule has 0 aliphatic heterocycles. The van der Waals surface area contributed by atoms with E-state index in [1.54, 1.807) is 0 Å². The van der Waals surface area contributed by atoms with Gasteiger partial charge in [0.15, 0.2) is 0 Å². The van der Waals surface area contributed by atoms with Gasteiger partial charge in [0.05, 0.1) is 11.8 Å². The molecule has 4 heteroatoms. The summed E-state index contributed by atoms with van der Waals surface area (Å²) in [7, 11) is 0. The molecule has 1 aromatic carbocycles. The van der Waals surface area contributed by atoms with Crippen molar-refractivity contribution in [3.8, 4) is 17.0 Å². The van der Waals surface area contributed by atoms with Crippen molar-refractivity contribution in [2.24, 2.45) is 0 Å². The van der Waals surface area contributed by atoms with Gasteiger partial charge in [-0.1, -0.05) is 6.92 Å². The summed E-state index contributed by atoms with van der Waals surface area (Å²) in [5, 5.41) is 0. The molecule has 0 unspecified atom stereocenters. The van der Waals surface area contributed by atoms with Crippen LogP contribution < -0.4 is 10.5 Å². The first kappa shape index (κ1) is 12.0. The molecule has 2 N–H and O–H groups in total. The molecule has 1 aliphatic rings. The van der Waals surface area contributed by atoms with Crippen LogP contribution in [0.3, 0.4) is 0 Å². The molecular formula is C15H17N3O. The van der Waals surface area contributed by atoms with Crippen molar-refractivity contribution in [2.45, 2.75) is 32.3 Å². The molecule has 3 rings (SSSR count). The van der Waals surface area contributed by atoms with E-state index in [-0.39, 0.29) is 0 Å². The Morgan fingerprint density at radius 3 is 2.58 bits per heavy atom. The smallest absolute Gasteiger partial charge is 0.130 e. The third-order valence-corrected chi connectivity index (χ3v) is 3.29. The minimum atomic E-state index is 0.423. The van der Waals surface area contributed by atoms with E-state index in [2.05, 4.69) is 16.9 Å². The summed E-state index contributed by atoms with van der Waals surface area (Å²) in [5.41, 5.74) is 8.86. The van der Waals surface area contributed by atoms with Gasteiger partial charge in [-0.25, -0.2) is 9.97 Å². The third kappa shape index (κ3) is 2.52. The zero-order chi connectivity index (χ0) is 13.2. The number of rotatable bonds is 4. The highest BCUT2D eigenvalue weighted by atomic mass is 16.5. The molecule has 1 saturated carbocycles. The third-order valence-electron chi connectivity index (χ3n) is 3.29. The monoisotopic (exact) mass is 255 g/mol. The van der Waals surface area contributed by atoms with Gasteiger partial charge in [-0.15, -0.1) is 0 Å². The van der Waals surface area contributed by atoms with E-state index in [1.807, 2.05) is 24.3 Å². The van der Waals surface area contributed by atoms with Gasteiger partial charge in [-0.05, 0) is 43.5 Å². The van der Waals surface area contributed by atoms with Crippen LogP contribution in [0.15, 0.2) is 30.6 Å². The molecule has 0 bridgehead atoms. The van der Waals surface area contributed by atoms with Crippen LogP contribution >= 0.6 is 0 Å². The number of aromatic nitrogens is 2. The van der Waals surface area contributed by atoms with Crippen molar-refractivity contribution < 1.29 is 4.74 Å². The summed E-state index contributed by atoms with van der Waals surface area (Å²) < 4.78 is 5.74. The van der Waals surface area contributed by atoms with Crippen molar-refractivity contribution in [3.63, 3.8) is 0 Å². The molecule has 1 aliphatic carbocycles. The number of hydrogen-bond acceptors (Lipinski definition) is 4. The highest BCUT2D eigenvalue weighted by Gasteiger charge is 2.23. The minimum absolute atomic E-state index is 0.423. The van der Waals surface area contributed by atoms with Crippen LogP contribution in [0.5, 0.6) is 5.75 Å². The fourth-order valence-corrected chi connectivity index (χ4v) is 2.09. The standard InChI is InChI=1S/C15H17N3O/c1-2-13-14(17-9-18-15(13)16)10-3-5-11(6-4-10)19-12-7-8-12/h3-6,9,12H,2,7-8H2,1H3,(H2,16,17,18). The second-order valence-electron chi connectivity index (χ2n) is 4.78. The van der Waals surface area contributed by atoms with Gasteiger partial charge < -0.3 is 10.5 Å². The van der Waals surface area contributed by atoms with Crippen LogP contribution in [-0.4, -0.2) is 16.1 Å². The van der Waals surface area contributed by atoms with Crippen LogP contribution in [-0.2, 0) is 6.42 Å². The van der Waals surface area contributed by atoms with Crippen LogP contribution in [0.25, 0.3) is 11.3 Å². The Morgan fingerprint density at radius 1 is 1.21 bits per heavy atom. The normalized spacial score (nSPS) is 14.4. The molecule has 1 heterocycles. The zero-order valence-corrected chi connectivity index (χ0v) is 11.0. The molecule has 0 atom stereocenters. The van der Waals surface area contributed by atoms with E-state index in [0.717, 1.165) is 29.0 Å². The second kappa shape index (κ2) is 4.88. The molecule has 2 aromatic rings. The fourth-order valence-electron chi connectivity index (χ4n) is 2.09. The number of ether oxygens (including phenoxy) is 1. The molecule has 19 heavy (non-hydrogen) atoms. The molecule has 0 saturated heterocycles. The van der Waals surface area contributed by atoms with E-state index >= 15 is 0 Å². The average molecular weight is 255 g/mol. The van der Waals surface area contributed by atoms with E-state index in [9.17, 15) is 0 Å². The van der Waals surface area contributed by atoms with Gasteiger partial charge in [0.25, 0.3) is 0 Å². The quantitative estimate of drug-likeness (QED) is 0.912. The Balaban J connectivity index is 1.90. The highest BCUT2D eigenvalue weighted by Crippen LogP contribution is 2.29. The van der Waals surface area contributed by atoms with E-state index in [4.69, 9.17) is 10.5 Å². The fraction of sp³-hybridized carbons (Fsp3) is 0.333. The Morgan fingerprint density at radius 2 is 1.95 bits per heavy atom. The topological polar surface area (TPSA) is 61.0 Å².